The first-order chi connectivity index (χ1) is 12.0. The number of carbonyl (C=O) groups excluding carboxylic acids is 1. The van der Waals surface area contributed by atoms with E-state index >= 15 is 0 Å². The van der Waals surface area contributed by atoms with Crippen molar-refractivity contribution in [2.24, 2.45) is 0 Å². The minimum atomic E-state index is -0.130. The molecule has 5 nitrogen and oxygen atoms in total. The standard InChI is InChI=1S/C17H18BrClN2O3S/c1-21(8-12-5-11(18)10-25-12)9-17(22)20-14-7-16-15(6-13(14)19)23-3-2-4-24-16/h5-7,10H,2-4,8-9H2,1H3,(H,20,22). The Morgan fingerprint density at radius 3 is 2.72 bits per heavy atom. The molecule has 3 rings (SSSR count). The Labute approximate surface area is 164 Å². The van der Waals surface area contributed by atoms with Crippen LogP contribution in [0.5, 0.6) is 11.5 Å². The van der Waals surface area contributed by atoms with E-state index in [0.717, 1.165) is 10.9 Å². The number of hydrogen-bond acceptors (Lipinski definition) is 5. The fourth-order valence-electron chi connectivity index (χ4n) is 2.47. The summed E-state index contributed by atoms with van der Waals surface area (Å²) in [6.45, 7) is 2.15. The van der Waals surface area contributed by atoms with Gasteiger partial charge in [0.15, 0.2) is 11.5 Å². The number of thiophene rings is 1. The number of amides is 1. The summed E-state index contributed by atoms with van der Waals surface area (Å²) in [5, 5.41) is 5.31. The SMILES string of the molecule is CN(CC(=O)Nc1cc2c(cc1Cl)OCCCO2)Cc1cc(Br)cs1. The lowest BCUT2D eigenvalue weighted by Crippen LogP contribution is -2.29. The van der Waals surface area contributed by atoms with E-state index in [-0.39, 0.29) is 12.5 Å². The zero-order valence-electron chi connectivity index (χ0n) is 13.7. The molecule has 1 amide bonds. The predicted octanol–water partition coefficient (Wildman–Crippen LogP) is 4.40. The monoisotopic (exact) mass is 444 g/mol. The van der Waals surface area contributed by atoms with Crippen LogP contribution in [0.2, 0.25) is 5.02 Å². The van der Waals surface area contributed by atoms with Gasteiger partial charge in [-0.1, -0.05) is 11.6 Å². The maximum atomic E-state index is 12.3. The van der Waals surface area contributed by atoms with Crippen molar-refractivity contribution in [2.75, 3.05) is 32.1 Å². The molecular formula is C17H18BrClN2O3S. The topological polar surface area (TPSA) is 50.8 Å². The Hall–Kier alpha value is -1.28. The molecule has 0 aliphatic carbocycles. The number of anilines is 1. The fraction of sp³-hybridized carbons (Fsp3) is 0.353. The van der Waals surface area contributed by atoms with Crippen molar-refractivity contribution in [3.05, 3.63) is 38.0 Å². The lowest BCUT2D eigenvalue weighted by Gasteiger charge is -2.16. The van der Waals surface area contributed by atoms with E-state index in [2.05, 4.69) is 27.3 Å². The number of halogens is 2. The van der Waals surface area contributed by atoms with Gasteiger partial charge in [0.1, 0.15) is 0 Å². The Bertz CT molecular complexity index is 768. The molecular weight excluding hydrogens is 428 g/mol. The van der Waals surface area contributed by atoms with Crippen LogP contribution in [-0.2, 0) is 11.3 Å². The number of benzene rings is 1. The number of hydrogen-bond donors (Lipinski definition) is 1. The lowest BCUT2D eigenvalue weighted by atomic mass is 10.2. The van der Waals surface area contributed by atoms with Gasteiger partial charge >= 0.3 is 0 Å². The number of likely N-dealkylation sites (N-methyl/N-ethyl adjacent to an activating group) is 1. The highest BCUT2D eigenvalue weighted by Gasteiger charge is 2.16. The van der Waals surface area contributed by atoms with Crippen LogP contribution in [0.15, 0.2) is 28.1 Å². The van der Waals surface area contributed by atoms with E-state index < -0.39 is 0 Å². The molecule has 0 unspecified atom stereocenters. The van der Waals surface area contributed by atoms with E-state index in [9.17, 15) is 4.79 Å². The Kier molecular flexibility index (Phi) is 6.22. The van der Waals surface area contributed by atoms with Crippen molar-refractivity contribution < 1.29 is 14.3 Å². The molecule has 0 saturated carbocycles. The molecule has 1 aromatic carbocycles. The van der Waals surface area contributed by atoms with Gasteiger partial charge in [-0.3, -0.25) is 9.69 Å². The summed E-state index contributed by atoms with van der Waals surface area (Å²) in [5.41, 5.74) is 0.531. The molecule has 8 heteroatoms. The van der Waals surface area contributed by atoms with Crippen LogP contribution in [0.25, 0.3) is 0 Å². The number of nitrogens with one attached hydrogen (secondary N) is 1. The van der Waals surface area contributed by atoms with Gasteiger partial charge in [-0.05, 0) is 29.0 Å². The van der Waals surface area contributed by atoms with Gasteiger partial charge in [0.25, 0.3) is 0 Å². The molecule has 2 heterocycles. The summed E-state index contributed by atoms with van der Waals surface area (Å²) < 4.78 is 12.3. The van der Waals surface area contributed by atoms with Gasteiger partial charge in [-0.2, -0.15) is 0 Å². The highest BCUT2D eigenvalue weighted by molar-refractivity contribution is 9.10. The minimum absolute atomic E-state index is 0.130. The molecule has 134 valence electrons. The van der Waals surface area contributed by atoms with E-state index in [1.165, 1.54) is 4.88 Å². The Morgan fingerprint density at radius 1 is 1.32 bits per heavy atom. The van der Waals surface area contributed by atoms with Crippen molar-refractivity contribution in [3.63, 3.8) is 0 Å². The van der Waals surface area contributed by atoms with Crippen LogP contribution in [-0.4, -0.2) is 37.6 Å². The van der Waals surface area contributed by atoms with Gasteiger partial charge in [0, 0.05) is 39.8 Å². The highest BCUT2D eigenvalue weighted by atomic mass is 79.9. The number of rotatable bonds is 5. The second-order valence-corrected chi connectivity index (χ2v) is 8.10. The fourth-order valence-corrected chi connectivity index (χ4v) is 4.20. The first kappa shape index (κ1) is 18.5. The van der Waals surface area contributed by atoms with Crippen LogP contribution >= 0.6 is 38.9 Å². The summed E-state index contributed by atoms with van der Waals surface area (Å²) >= 11 is 11.4. The highest BCUT2D eigenvalue weighted by Crippen LogP contribution is 2.37. The molecule has 0 saturated heterocycles. The van der Waals surface area contributed by atoms with Crippen LogP contribution in [0.4, 0.5) is 5.69 Å². The van der Waals surface area contributed by atoms with Crippen LogP contribution in [0.3, 0.4) is 0 Å². The van der Waals surface area contributed by atoms with E-state index in [1.54, 1.807) is 23.5 Å². The zero-order chi connectivity index (χ0) is 17.8. The molecule has 1 aromatic heterocycles. The Balaban J connectivity index is 1.61. The zero-order valence-corrected chi connectivity index (χ0v) is 16.8. The maximum absolute atomic E-state index is 12.3. The summed E-state index contributed by atoms with van der Waals surface area (Å²) in [6.07, 6.45) is 0.817. The second kappa shape index (κ2) is 8.40. The molecule has 0 spiro atoms. The van der Waals surface area contributed by atoms with E-state index in [0.29, 0.717) is 42.0 Å². The minimum Gasteiger partial charge on any atom is -0.490 e. The van der Waals surface area contributed by atoms with E-state index in [4.69, 9.17) is 21.1 Å². The van der Waals surface area contributed by atoms with Crippen LogP contribution in [0.1, 0.15) is 11.3 Å². The van der Waals surface area contributed by atoms with Crippen molar-refractivity contribution in [3.8, 4) is 11.5 Å². The molecule has 0 radical (unpaired) electrons. The van der Waals surface area contributed by atoms with Crippen molar-refractivity contribution in [1.29, 1.82) is 0 Å². The molecule has 2 aromatic rings. The van der Waals surface area contributed by atoms with Crippen molar-refractivity contribution in [2.45, 2.75) is 13.0 Å². The summed E-state index contributed by atoms with van der Waals surface area (Å²) in [4.78, 5) is 15.5. The maximum Gasteiger partial charge on any atom is 0.238 e. The molecule has 1 aliphatic rings. The lowest BCUT2D eigenvalue weighted by molar-refractivity contribution is -0.117. The molecule has 0 fully saturated rings. The quantitative estimate of drug-likeness (QED) is 0.741. The average Bonchev–Trinajstić information content (AvgIpc) is 2.81. The van der Waals surface area contributed by atoms with Crippen LogP contribution < -0.4 is 14.8 Å². The van der Waals surface area contributed by atoms with E-state index in [1.807, 2.05) is 17.3 Å². The van der Waals surface area contributed by atoms with Gasteiger partial charge < -0.3 is 14.8 Å². The number of fused-ring (bicyclic) bond motifs is 1. The molecule has 0 atom stereocenters. The molecule has 25 heavy (non-hydrogen) atoms. The third kappa shape index (κ3) is 5.10. The summed E-state index contributed by atoms with van der Waals surface area (Å²) in [5.74, 6) is 1.09. The molecule has 1 aliphatic heterocycles. The Morgan fingerprint density at radius 2 is 2.04 bits per heavy atom. The molecule has 1 N–H and O–H groups in total. The third-order valence-electron chi connectivity index (χ3n) is 3.57. The first-order valence-electron chi connectivity index (χ1n) is 7.82. The van der Waals surface area contributed by atoms with Crippen LogP contribution in [0, 0.1) is 0 Å². The third-order valence-corrected chi connectivity index (χ3v) is 5.57. The van der Waals surface area contributed by atoms with Gasteiger partial charge in [0.05, 0.1) is 30.5 Å². The average molecular weight is 446 g/mol. The number of carbonyl (C=O) groups is 1. The number of nitrogens with zero attached hydrogens (tertiary/aromatic N) is 1. The van der Waals surface area contributed by atoms with Crippen molar-refractivity contribution in [1.82, 2.24) is 4.90 Å². The largest absolute Gasteiger partial charge is 0.490 e. The summed E-state index contributed by atoms with van der Waals surface area (Å²) in [7, 11) is 1.91. The molecule has 0 bridgehead atoms. The first-order valence-corrected chi connectivity index (χ1v) is 9.87. The second-order valence-electron chi connectivity index (χ2n) is 5.78. The smallest absolute Gasteiger partial charge is 0.238 e. The van der Waals surface area contributed by atoms with Gasteiger partial charge in [0.2, 0.25) is 5.91 Å². The van der Waals surface area contributed by atoms with Gasteiger partial charge in [-0.15, -0.1) is 11.3 Å². The normalized spacial score (nSPS) is 13.6. The predicted molar refractivity (Wildman–Crippen MR) is 104 cm³/mol. The van der Waals surface area contributed by atoms with Crippen molar-refractivity contribution >= 4 is 50.5 Å². The summed E-state index contributed by atoms with van der Waals surface area (Å²) in [6, 6.07) is 5.46. The van der Waals surface area contributed by atoms with Gasteiger partial charge in [-0.25, -0.2) is 0 Å². The number of ether oxygens (including phenoxy) is 2.